The molecule has 2 N–H and O–H groups in total. The van der Waals surface area contributed by atoms with Gasteiger partial charge in [0.05, 0.1) is 5.57 Å². The number of amides is 1. The van der Waals surface area contributed by atoms with Crippen LogP contribution in [0.3, 0.4) is 0 Å². The summed E-state index contributed by atoms with van der Waals surface area (Å²) in [6.07, 6.45) is 0. The van der Waals surface area contributed by atoms with Gasteiger partial charge in [0.1, 0.15) is 18.2 Å². The second-order valence-electron chi connectivity index (χ2n) is 5.26. The lowest BCUT2D eigenvalue weighted by Crippen LogP contribution is -2.05. The predicted molar refractivity (Wildman–Crippen MR) is 82.6 cm³/mol. The predicted octanol–water partition coefficient (Wildman–Crippen LogP) is 3.22. The summed E-state index contributed by atoms with van der Waals surface area (Å²) in [5.41, 5.74) is 4.41. The van der Waals surface area contributed by atoms with Crippen molar-refractivity contribution < 1.29 is 13.9 Å². The van der Waals surface area contributed by atoms with Crippen molar-refractivity contribution in [1.82, 2.24) is 0 Å². The van der Waals surface area contributed by atoms with Gasteiger partial charge in [-0.2, -0.15) is 0 Å². The van der Waals surface area contributed by atoms with Gasteiger partial charge in [-0.3, -0.25) is 4.79 Å². The highest BCUT2D eigenvalue weighted by atomic mass is 19.1. The number of carbonyl (C=O) groups excluding carboxylic acids is 1. The fourth-order valence-electron chi connectivity index (χ4n) is 2.89. The van der Waals surface area contributed by atoms with E-state index in [1.807, 2.05) is 25.2 Å². The molecule has 0 fully saturated rings. The van der Waals surface area contributed by atoms with Gasteiger partial charge in [0.25, 0.3) is 5.91 Å². The van der Waals surface area contributed by atoms with E-state index in [4.69, 9.17) is 4.74 Å². The maximum Gasteiger partial charge on any atom is 0.260 e. The van der Waals surface area contributed by atoms with Crippen LogP contribution in [0.4, 0.5) is 15.8 Å². The molecule has 2 aromatic carbocycles. The van der Waals surface area contributed by atoms with E-state index in [1.54, 1.807) is 6.07 Å². The van der Waals surface area contributed by atoms with Gasteiger partial charge in [-0.1, -0.05) is 0 Å². The maximum absolute atomic E-state index is 13.5. The molecular formula is C17H13FN2O2. The summed E-state index contributed by atoms with van der Waals surface area (Å²) in [5, 5.41) is 5.82. The molecule has 4 nitrogen and oxygen atoms in total. The molecule has 0 radical (unpaired) electrons. The number of anilines is 2. The van der Waals surface area contributed by atoms with Gasteiger partial charge in [0.15, 0.2) is 0 Å². The Morgan fingerprint density at radius 3 is 2.86 bits per heavy atom. The Morgan fingerprint density at radius 2 is 2.05 bits per heavy atom. The van der Waals surface area contributed by atoms with Gasteiger partial charge in [0, 0.05) is 35.1 Å². The van der Waals surface area contributed by atoms with Crippen molar-refractivity contribution in [2.75, 3.05) is 17.7 Å². The standard InChI is InChI=1S/C17H13FN2O2/c1-19-11-3-4-12-9(6-11)8-22-16(12)15-13-7-10(18)2-5-14(13)20-17(15)21/h2-7,19H,8H2,1H3,(H,20,21). The third-order valence-electron chi connectivity index (χ3n) is 3.96. The van der Waals surface area contributed by atoms with Crippen LogP contribution in [0.2, 0.25) is 0 Å². The molecule has 0 atom stereocenters. The third-order valence-corrected chi connectivity index (χ3v) is 3.96. The highest BCUT2D eigenvalue weighted by Gasteiger charge is 2.32. The average Bonchev–Trinajstić information content (AvgIpc) is 3.06. The van der Waals surface area contributed by atoms with Gasteiger partial charge in [-0.05, 0) is 36.4 Å². The minimum absolute atomic E-state index is 0.263. The van der Waals surface area contributed by atoms with Gasteiger partial charge >= 0.3 is 0 Å². The molecule has 0 spiro atoms. The summed E-state index contributed by atoms with van der Waals surface area (Å²) >= 11 is 0. The van der Waals surface area contributed by atoms with E-state index in [1.165, 1.54) is 12.1 Å². The summed E-state index contributed by atoms with van der Waals surface area (Å²) in [6, 6.07) is 10.1. The van der Waals surface area contributed by atoms with E-state index in [0.29, 0.717) is 29.2 Å². The molecule has 4 rings (SSSR count). The van der Waals surface area contributed by atoms with Crippen molar-refractivity contribution in [3.63, 3.8) is 0 Å². The number of carbonyl (C=O) groups is 1. The number of ether oxygens (including phenoxy) is 1. The molecule has 0 unspecified atom stereocenters. The Bertz CT molecular complexity index is 843. The Kier molecular flexibility index (Phi) is 2.69. The van der Waals surface area contributed by atoms with E-state index >= 15 is 0 Å². The van der Waals surface area contributed by atoms with Crippen molar-refractivity contribution in [1.29, 1.82) is 0 Å². The summed E-state index contributed by atoms with van der Waals surface area (Å²) < 4.78 is 19.3. The van der Waals surface area contributed by atoms with Crippen LogP contribution in [0, 0.1) is 5.82 Å². The number of benzene rings is 2. The Morgan fingerprint density at radius 1 is 1.18 bits per heavy atom. The number of rotatable bonds is 1. The number of fused-ring (bicyclic) bond motifs is 2. The first-order valence-electron chi connectivity index (χ1n) is 6.97. The van der Waals surface area contributed by atoms with Crippen LogP contribution in [0.5, 0.6) is 0 Å². The van der Waals surface area contributed by atoms with Crippen LogP contribution >= 0.6 is 0 Å². The van der Waals surface area contributed by atoms with Gasteiger partial charge in [0.2, 0.25) is 0 Å². The normalized spacial score (nSPS) is 18.5. The van der Waals surface area contributed by atoms with Crippen molar-refractivity contribution in [3.05, 3.63) is 58.9 Å². The van der Waals surface area contributed by atoms with Crippen molar-refractivity contribution in [2.45, 2.75) is 6.61 Å². The zero-order chi connectivity index (χ0) is 15.3. The highest BCUT2D eigenvalue weighted by Crippen LogP contribution is 2.42. The van der Waals surface area contributed by atoms with E-state index in [2.05, 4.69) is 10.6 Å². The molecule has 5 heteroatoms. The Balaban J connectivity index is 1.92. The molecule has 0 saturated heterocycles. The highest BCUT2D eigenvalue weighted by molar-refractivity contribution is 6.36. The van der Waals surface area contributed by atoms with E-state index < -0.39 is 0 Å². The zero-order valence-corrected chi connectivity index (χ0v) is 11.9. The first kappa shape index (κ1) is 12.9. The number of nitrogens with one attached hydrogen (secondary N) is 2. The number of hydrogen-bond donors (Lipinski definition) is 2. The molecular weight excluding hydrogens is 283 g/mol. The minimum atomic E-state index is -0.378. The SMILES string of the molecule is CNc1ccc2c(c1)COC2=C1C(=O)Nc2ccc(F)cc21. The van der Waals surface area contributed by atoms with Crippen LogP contribution in [-0.2, 0) is 16.1 Å². The second-order valence-corrected chi connectivity index (χ2v) is 5.26. The summed E-state index contributed by atoms with van der Waals surface area (Å²) in [7, 11) is 1.85. The van der Waals surface area contributed by atoms with Crippen LogP contribution in [-0.4, -0.2) is 13.0 Å². The molecule has 2 heterocycles. The van der Waals surface area contributed by atoms with Gasteiger partial charge in [-0.25, -0.2) is 4.39 Å². The van der Waals surface area contributed by atoms with Crippen LogP contribution in [0.1, 0.15) is 16.7 Å². The third kappa shape index (κ3) is 1.79. The largest absolute Gasteiger partial charge is 0.487 e. The molecule has 22 heavy (non-hydrogen) atoms. The van der Waals surface area contributed by atoms with Crippen LogP contribution in [0.25, 0.3) is 11.3 Å². The topological polar surface area (TPSA) is 50.4 Å². The minimum Gasteiger partial charge on any atom is -0.487 e. The average molecular weight is 296 g/mol. The lowest BCUT2D eigenvalue weighted by molar-refractivity contribution is -0.110. The fraction of sp³-hybridized carbons (Fsp3) is 0.118. The Hall–Kier alpha value is -2.82. The molecule has 0 saturated carbocycles. The molecule has 2 aromatic rings. The van der Waals surface area contributed by atoms with E-state index in [-0.39, 0.29) is 11.7 Å². The first-order chi connectivity index (χ1) is 10.7. The fourth-order valence-corrected chi connectivity index (χ4v) is 2.89. The molecule has 2 aliphatic rings. The summed E-state index contributed by atoms with van der Waals surface area (Å²) in [6.45, 7) is 0.404. The monoisotopic (exact) mass is 296 g/mol. The lowest BCUT2D eigenvalue weighted by atomic mass is 10.00. The van der Waals surface area contributed by atoms with E-state index in [0.717, 1.165) is 16.8 Å². The molecule has 0 bridgehead atoms. The summed E-state index contributed by atoms with van der Waals surface area (Å²) in [5.74, 6) is -0.127. The lowest BCUT2D eigenvalue weighted by Gasteiger charge is -2.06. The van der Waals surface area contributed by atoms with Gasteiger partial charge in [-0.15, -0.1) is 0 Å². The van der Waals surface area contributed by atoms with Crippen LogP contribution in [0.15, 0.2) is 36.4 Å². The maximum atomic E-state index is 13.5. The van der Waals surface area contributed by atoms with Crippen molar-refractivity contribution >= 4 is 28.6 Å². The van der Waals surface area contributed by atoms with Gasteiger partial charge < -0.3 is 15.4 Å². The second kappa shape index (κ2) is 4.59. The van der Waals surface area contributed by atoms with E-state index in [9.17, 15) is 9.18 Å². The van der Waals surface area contributed by atoms with Crippen molar-refractivity contribution in [2.24, 2.45) is 0 Å². The van der Waals surface area contributed by atoms with Crippen LogP contribution < -0.4 is 10.6 Å². The first-order valence-corrected chi connectivity index (χ1v) is 6.97. The quantitative estimate of drug-likeness (QED) is 0.794. The van der Waals surface area contributed by atoms with Crippen molar-refractivity contribution in [3.8, 4) is 0 Å². The molecule has 0 aromatic heterocycles. The molecule has 0 aliphatic carbocycles. The number of halogens is 1. The Labute approximate surface area is 126 Å². The molecule has 110 valence electrons. The molecule has 2 aliphatic heterocycles. The smallest absolute Gasteiger partial charge is 0.260 e. The zero-order valence-electron chi connectivity index (χ0n) is 11.9. The number of hydrogen-bond acceptors (Lipinski definition) is 3. The molecule has 1 amide bonds. The summed E-state index contributed by atoms with van der Waals surface area (Å²) in [4.78, 5) is 12.3.